The highest BCUT2D eigenvalue weighted by Gasteiger charge is 2.54. The van der Waals surface area contributed by atoms with Gasteiger partial charge in [0.05, 0.1) is 4.90 Å². The van der Waals surface area contributed by atoms with Crippen molar-refractivity contribution in [3.63, 3.8) is 0 Å². The van der Waals surface area contributed by atoms with Crippen molar-refractivity contribution in [3.8, 4) is 11.5 Å². The average Bonchev–Trinajstić information content (AvgIpc) is 3.71. The number of aromatic nitrogens is 5. The molecular weight excluding hydrogens is 753 g/mol. The Labute approximate surface area is 298 Å². The number of hydrogen-bond acceptors (Lipinski definition) is 18. The molecule has 0 saturated carbocycles. The van der Waals surface area contributed by atoms with E-state index in [1.807, 2.05) is 0 Å². The largest absolute Gasteiger partial charge is 0.504 e. The third-order valence-corrected chi connectivity index (χ3v) is 11.7. The van der Waals surface area contributed by atoms with Crippen LogP contribution in [0, 0.1) is 6.92 Å². The zero-order valence-corrected chi connectivity index (χ0v) is 29.0. The fraction of sp³-hybridized carbons (Fsp3) is 0.222. The first-order chi connectivity index (χ1) is 24.1. The number of primary amides is 1. The van der Waals surface area contributed by atoms with Gasteiger partial charge in [-0.1, -0.05) is 5.16 Å². The van der Waals surface area contributed by atoms with Gasteiger partial charge in [-0.3, -0.25) is 19.3 Å². The van der Waals surface area contributed by atoms with Gasteiger partial charge >= 0.3 is 5.97 Å². The lowest BCUT2D eigenvalue weighted by atomic mass is 10.0. The van der Waals surface area contributed by atoms with Gasteiger partial charge < -0.3 is 36.9 Å². The van der Waals surface area contributed by atoms with Gasteiger partial charge in [-0.25, -0.2) is 23.2 Å². The molecule has 2 atom stereocenters. The molecule has 1 aromatic carbocycles. The van der Waals surface area contributed by atoms with E-state index in [1.54, 1.807) is 13.0 Å². The molecule has 51 heavy (non-hydrogen) atoms. The van der Waals surface area contributed by atoms with Crippen LogP contribution in [0.5, 0.6) is 11.5 Å². The number of nitrogens with zero attached hydrogens (tertiary/aromatic N) is 7. The van der Waals surface area contributed by atoms with Crippen molar-refractivity contribution in [2.24, 2.45) is 10.9 Å². The number of thiazole rings is 1. The molecular formula is C27H24N10O10S4. The fourth-order valence-corrected chi connectivity index (χ4v) is 8.83. The van der Waals surface area contributed by atoms with Crippen LogP contribution in [0.3, 0.4) is 0 Å². The third kappa shape index (κ3) is 6.97. The number of nitrogens with one attached hydrogen (secondary N) is 1. The second-order valence-corrected chi connectivity index (χ2v) is 15.6. The summed E-state index contributed by atoms with van der Waals surface area (Å²) in [5.41, 5.74) is 11.1. The molecule has 8 N–H and O–H groups in total. The lowest BCUT2D eigenvalue weighted by molar-refractivity contribution is -0.150. The number of hydrogen-bond donors (Lipinski definition) is 6. The minimum Gasteiger partial charge on any atom is -0.504 e. The smallest absolute Gasteiger partial charge is 0.352 e. The van der Waals surface area contributed by atoms with Crippen LogP contribution in [0.4, 0.5) is 5.13 Å². The molecule has 0 radical (unpaired) electrons. The normalized spacial score (nSPS) is 17.6. The topological polar surface area (TPSA) is 308 Å². The summed E-state index contributed by atoms with van der Waals surface area (Å²) in [6.07, 6.45) is 0. The number of carboxylic acid groups (broad SMARTS) is 1. The van der Waals surface area contributed by atoms with Gasteiger partial charge in [-0.2, -0.15) is 9.50 Å². The highest BCUT2D eigenvalue weighted by atomic mass is 32.2. The number of anilines is 1. The minimum atomic E-state index is -4.23. The molecule has 20 nitrogen and oxygen atoms in total. The molecule has 3 amide bonds. The minimum absolute atomic E-state index is 0.0489. The van der Waals surface area contributed by atoms with Crippen molar-refractivity contribution in [3.05, 3.63) is 58.1 Å². The molecule has 2 aliphatic rings. The van der Waals surface area contributed by atoms with Crippen molar-refractivity contribution >= 4 is 85.0 Å². The van der Waals surface area contributed by atoms with Gasteiger partial charge in [-0.05, 0) is 30.7 Å². The van der Waals surface area contributed by atoms with Crippen molar-refractivity contribution in [1.82, 2.24) is 34.8 Å². The number of aromatic hydroxyl groups is 2. The first kappa shape index (κ1) is 35.4. The number of aliphatic carboxylic acids is 1. The number of carbonyl (C=O) groups excluding carboxylic acids is 3. The molecule has 266 valence electrons. The second-order valence-electron chi connectivity index (χ2n) is 10.7. The van der Waals surface area contributed by atoms with Gasteiger partial charge in [0.25, 0.3) is 23.5 Å². The van der Waals surface area contributed by atoms with Gasteiger partial charge in [-0.15, -0.1) is 40.0 Å². The molecule has 2 aliphatic heterocycles. The summed E-state index contributed by atoms with van der Waals surface area (Å²) >= 11 is 3.34. The zero-order chi connectivity index (χ0) is 36.8. The van der Waals surface area contributed by atoms with Gasteiger partial charge in [0.1, 0.15) is 27.8 Å². The van der Waals surface area contributed by atoms with Crippen LogP contribution in [0.1, 0.15) is 22.0 Å². The lowest BCUT2D eigenvalue weighted by Crippen LogP contribution is -2.71. The summed E-state index contributed by atoms with van der Waals surface area (Å²) in [6.45, 7) is 1.70. The van der Waals surface area contributed by atoms with E-state index in [4.69, 9.17) is 16.3 Å². The summed E-state index contributed by atoms with van der Waals surface area (Å²) in [5, 5.41) is 40.6. The van der Waals surface area contributed by atoms with Crippen LogP contribution in [-0.2, 0) is 29.1 Å². The van der Waals surface area contributed by atoms with Crippen molar-refractivity contribution in [2.75, 3.05) is 23.2 Å². The first-order valence-corrected chi connectivity index (χ1v) is 18.7. The summed E-state index contributed by atoms with van der Waals surface area (Å²) in [5.74, 6) is -6.05. The predicted octanol–water partition coefficient (Wildman–Crippen LogP) is -0.335. The first-order valence-electron chi connectivity index (χ1n) is 14.2. The van der Waals surface area contributed by atoms with Crippen molar-refractivity contribution in [1.29, 1.82) is 0 Å². The number of aryl methyl sites for hydroxylation is 1. The van der Waals surface area contributed by atoms with Crippen LogP contribution < -0.4 is 16.8 Å². The number of nitrogen functional groups attached to an aromatic ring is 1. The molecule has 0 aliphatic carbocycles. The van der Waals surface area contributed by atoms with Gasteiger partial charge in [0.15, 0.2) is 22.3 Å². The molecule has 1 saturated heterocycles. The molecule has 24 heteroatoms. The molecule has 5 heterocycles. The Morgan fingerprint density at radius 2 is 1.94 bits per heavy atom. The van der Waals surface area contributed by atoms with Gasteiger partial charge in [0, 0.05) is 28.6 Å². The van der Waals surface area contributed by atoms with Crippen molar-refractivity contribution < 1.29 is 47.8 Å². The van der Waals surface area contributed by atoms with E-state index in [0.717, 1.165) is 34.4 Å². The number of carboxylic acids is 1. The van der Waals surface area contributed by atoms with E-state index in [-0.39, 0.29) is 39.6 Å². The number of carbonyl (C=O) groups is 4. The van der Waals surface area contributed by atoms with Gasteiger partial charge in [0.2, 0.25) is 21.6 Å². The summed E-state index contributed by atoms with van der Waals surface area (Å²) < 4.78 is 26.7. The summed E-state index contributed by atoms with van der Waals surface area (Å²) in [6, 6.07) is 3.29. The Morgan fingerprint density at radius 3 is 2.61 bits per heavy atom. The molecule has 0 unspecified atom stereocenters. The highest BCUT2D eigenvalue weighted by molar-refractivity contribution is 8.01. The fourth-order valence-electron chi connectivity index (χ4n) is 4.85. The van der Waals surface area contributed by atoms with E-state index in [1.165, 1.54) is 33.4 Å². The Bertz CT molecular complexity index is 2310. The van der Waals surface area contributed by atoms with Crippen LogP contribution in [0.2, 0.25) is 0 Å². The number of β-lactam (4-membered cyclic amide) rings is 1. The zero-order valence-electron chi connectivity index (χ0n) is 25.8. The van der Waals surface area contributed by atoms with Crippen LogP contribution >= 0.6 is 34.9 Å². The van der Waals surface area contributed by atoms with Crippen LogP contribution in [0.25, 0.3) is 5.78 Å². The van der Waals surface area contributed by atoms with E-state index in [2.05, 4.69) is 30.5 Å². The standard InChI is InChI=1S/C27H24N10O10S4/c1-10-4-16(37-27(30-10)33-21(34-37)20(28)40)48-6-11-7-49-24-18(23(42)36(24)19(11)25(43)44)32-22(41)17(13-8-50-26(29)31-13)35-47-9-51(45,46)12-2-3-14(38)15(39)5-12/h2-5,8,18,24,38-39H,6-7,9H2,1H3,(H2,28,40)(H2,29,31)(H,32,41)(H,43,44)/t18-,24-/m1/s1. The quantitative estimate of drug-likeness (QED) is 0.0268. The Balaban J connectivity index is 1.18. The number of nitrogens with two attached hydrogens (primary N) is 2. The maximum Gasteiger partial charge on any atom is 0.352 e. The van der Waals surface area contributed by atoms with E-state index >= 15 is 0 Å². The average molecular weight is 777 g/mol. The number of fused-ring (bicyclic) bond motifs is 2. The SMILES string of the molecule is Cc1cc(SCC2=C(C(=O)O)N3C(=O)[C@@H](NC(=O)C(=NOCS(=O)(=O)c4ccc(O)c(O)c4)c4csc(N)n4)[C@H]3SC2)n2nc(C(N)=O)nc2n1. The number of phenolic OH excluding ortho intramolecular Hbond substituents is 2. The van der Waals surface area contributed by atoms with E-state index in [9.17, 15) is 42.9 Å². The molecule has 0 spiro atoms. The third-order valence-electron chi connectivity index (χ3n) is 7.21. The number of rotatable bonds is 12. The van der Waals surface area contributed by atoms with Crippen LogP contribution in [-0.4, -0.2) is 111 Å². The second kappa shape index (κ2) is 13.7. The molecule has 4 aromatic rings. The maximum absolute atomic E-state index is 13.4. The van der Waals surface area contributed by atoms with E-state index in [0.29, 0.717) is 16.3 Å². The number of amides is 3. The van der Waals surface area contributed by atoms with E-state index < -0.39 is 73.0 Å². The number of sulfone groups is 1. The maximum atomic E-state index is 13.4. The molecule has 0 bridgehead atoms. The Morgan fingerprint density at radius 1 is 1.18 bits per heavy atom. The Kier molecular flexibility index (Phi) is 9.49. The highest BCUT2D eigenvalue weighted by Crippen LogP contribution is 2.41. The summed E-state index contributed by atoms with van der Waals surface area (Å²) in [7, 11) is -4.23. The van der Waals surface area contributed by atoms with Crippen molar-refractivity contribution in [2.45, 2.75) is 28.3 Å². The molecule has 1 fully saturated rings. The monoisotopic (exact) mass is 776 g/mol. The Hall–Kier alpha value is -5.46. The number of thioether (sulfide) groups is 2. The number of benzene rings is 1. The van der Waals surface area contributed by atoms with Crippen LogP contribution in [0.15, 0.2) is 56.0 Å². The molecule has 6 rings (SSSR count). The summed E-state index contributed by atoms with van der Waals surface area (Å²) in [4.78, 5) is 68.8. The lowest BCUT2D eigenvalue weighted by Gasteiger charge is -2.49. The number of phenols is 2. The predicted molar refractivity (Wildman–Crippen MR) is 180 cm³/mol. The number of oxime groups is 1. The molecule has 3 aromatic heterocycles.